The molecule has 0 aromatic carbocycles. The molecule has 0 aliphatic carbocycles. The van der Waals surface area contributed by atoms with Crippen molar-refractivity contribution in [3.8, 4) is 11.3 Å². The Morgan fingerprint density at radius 3 is 2.97 bits per heavy atom. The van der Waals surface area contributed by atoms with E-state index in [1.165, 1.54) is 12.3 Å². The second kappa shape index (κ2) is 10.3. The molecule has 4 rings (SSSR count). The van der Waals surface area contributed by atoms with E-state index in [0.29, 0.717) is 48.4 Å². The summed E-state index contributed by atoms with van der Waals surface area (Å²) in [4.78, 5) is 21.2. The van der Waals surface area contributed by atoms with Crippen molar-refractivity contribution in [1.29, 1.82) is 0 Å². The number of nitrogens with one attached hydrogen (secondary N) is 3. The van der Waals surface area contributed by atoms with Crippen LogP contribution in [0.3, 0.4) is 0 Å². The zero-order valence-corrected chi connectivity index (χ0v) is 19.5. The van der Waals surface area contributed by atoms with E-state index >= 15 is 0 Å². The number of nitrogens with zero attached hydrogens (tertiary/aromatic N) is 2. The van der Waals surface area contributed by atoms with Crippen molar-refractivity contribution in [3.05, 3.63) is 35.2 Å². The lowest BCUT2D eigenvalue weighted by Crippen LogP contribution is -2.44. The van der Waals surface area contributed by atoms with Crippen LogP contribution in [0.15, 0.2) is 24.4 Å². The molecule has 2 aliphatic heterocycles. The number of amides is 1. The van der Waals surface area contributed by atoms with Gasteiger partial charge in [-0.2, -0.15) is 0 Å². The number of ether oxygens (including phenoxy) is 2. The molecule has 8 nitrogen and oxygen atoms in total. The molecule has 0 unspecified atom stereocenters. The molecule has 2 saturated heterocycles. The van der Waals surface area contributed by atoms with Crippen molar-refractivity contribution in [2.24, 2.45) is 5.92 Å². The molecule has 2 aromatic rings. The van der Waals surface area contributed by atoms with Gasteiger partial charge in [-0.3, -0.25) is 4.79 Å². The number of carbonyl (C=O) groups excluding carboxylic acids is 1. The van der Waals surface area contributed by atoms with E-state index in [0.717, 1.165) is 19.4 Å². The van der Waals surface area contributed by atoms with Crippen LogP contribution in [0.25, 0.3) is 11.3 Å². The SMILES string of the molecule is CC1(C)CO[C@@H](CNc2nc(-c3cc(NC(=O)[C@@H]4CCCNC4)ncc3Cl)ccc2F)CO1. The number of hydrogen-bond acceptors (Lipinski definition) is 7. The number of anilines is 2. The van der Waals surface area contributed by atoms with Gasteiger partial charge in [-0.05, 0) is 51.4 Å². The van der Waals surface area contributed by atoms with Crippen molar-refractivity contribution in [1.82, 2.24) is 15.3 Å². The molecule has 4 heterocycles. The van der Waals surface area contributed by atoms with Crippen LogP contribution in [0.2, 0.25) is 5.02 Å². The predicted octanol–water partition coefficient (Wildman–Crippen LogP) is 3.48. The Bertz CT molecular complexity index is 990. The second-order valence-corrected chi connectivity index (χ2v) is 9.40. The van der Waals surface area contributed by atoms with Gasteiger partial charge < -0.3 is 25.4 Å². The average Bonchev–Trinajstić information content (AvgIpc) is 2.81. The fraction of sp³-hybridized carbons (Fsp3) is 0.522. The summed E-state index contributed by atoms with van der Waals surface area (Å²) in [6.07, 6.45) is 3.05. The third-order valence-electron chi connectivity index (χ3n) is 5.72. The first-order valence-electron chi connectivity index (χ1n) is 11.1. The number of hydrogen-bond donors (Lipinski definition) is 3. The largest absolute Gasteiger partial charge is 0.371 e. The average molecular weight is 478 g/mol. The Morgan fingerprint density at radius 1 is 1.39 bits per heavy atom. The van der Waals surface area contributed by atoms with Crippen molar-refractivity contribution in [3.63, 3.8) is 0 Å². The summed E-state index contributed by atoms with van der Waals surface area (Å²) in [5.41, 5.74) is 0.687. The Hall–Kier alpha value is -2.33. The van der Waals surface area contributed by atoms with E-state index < -0.39 is 5.82 Å². The van der Waals surface area contributed by atoms with E-state index in [1.807, 2.05) is 13.8 Å². The maximum absolute atomic E-state index is 14.4. The van der Waals surface area contributed by atoms with Crippen molar-refractivity contribution in [2.75, 3.05) is 43.5 Å². The molecular formula is C23H29ClFN5O3. The highest BCUT2D eigenvalue weighted by Gasteiger charge is 2.28. The number of aromatic nitrogens is 2. The molecule has 0 saturated carbocycles. The molecule has 10 heteroatoms. The Labute approximate surface area is 197 Å². The first-order valence-corrected chi connectivity index (χ1v) is 11.5. The fourth-order valence-corrected chi connectivity index (χ4v) is 3.98. The monoisotopic (exact) mass is 477 g/mol. The molecule has 2 fully saturated rings. The van der Waals surface area contributed by atoms with E-state index in [2.05, 4.69) is 25.9 Å². The van der Waals surface area contributed by atoms with Gasteiger partial charge in [-0.15, -0.1) is 0 Å². The minimum Gasteiger partial charge on any atom is -0.371 e. The van der Waals surface area contributed by atoms with Gasteiger partial charge in [-0.1, -0.05) is 11.6 Å². The highest BCUT2D eigenvalue weighted by atomic mass is 35.5. The normalized spacial score (nSPS) is 22.5. The highest BCUT2D eigenvalue weighted by Crippen LogP contribution is 2.30. The van der Waals surface area contributed by atoms with Gasteiger partial charge in [0, 0.05) is 24.8 Å². The first-order chi connectivity index (χ1) is 15.8. The molecule has 0 radical (unpaired) electrons. The molecule has 0 bridgehead atoms. The van der Waals surface area contributed by atoms with E-state index in [1.54, 1.807) is 12.1 Å². The molecule has 178 valence electrons. The molecule has 3 N–H and O–H groups in total. The van der Waals surface area contributed by atoms with Crippen LogP contribution in [0.4, 0.5) is 16.0 Å². The summed E-state index contributed by atoms with van der Waals surface area (Å²) in [7, 11) is 0. The molecular weight excluding hydrogens is 449 g/mol. The van der Waals surface area contributed by atoms with E-state index in [-0.39, 0.29) is 29.3 Å². The number of carbonyl (C=O) groups is 1. The topological polar surface area (TPSA) is 97.4 Å². The van der Waals surface area contributed by atoms with E-state index in [9.17, 15) is 9.18 Å². The standard InChI is InChI=1S/C23H29ClFN5O3/c1-23(2)13-32-15(12-33-23)10-28-21-18(25)5-6-19(29-21)16-8-20(27-11-17(16)24)30-22(31)14-4-3-7-26-9-14/h5-6,8,11,14-15,26H,3-4,7,9-10,12-13H2,1-2H3,(H,28,29)(H,27,30,31)/t14-,15+/m1/s1. The summed E-state index contributed by atoms with van der Waals surface area (Å²) in [5, 5.41) is 9.43. The lowest BCUT2D eigenvalue weighted by atomic mass is 9.99. The molecule has 0 spiro atoms. The fourth-order valence-electron chi connectivity index (χ4n) is 3.78. The summed E-state index contributed by atoms with van der Waals surface area (Å²) in [5.74, 6) is -0.209. The highest BCUT2D eigenvalue weighted by molar-refractivity contribution is 6.33. The molecule has 33 heavy (non-hydrogen) atoms. The van der Waals surface area contributed by atoms with Crippen LogP contribution >= 0.6 is 11.6 Å². The van der Waals surface area contributed by atoms with Gasteiger partial charge in [0.1, 0.15) is 5.82 Å². The lowest BCUT2D eigenvalue weighted by Gasteiger charge is -2.35. The Morgan fingerprint density at radius 2 is 2.24 bits per heavy atom. The van der Waals surface area contributed by atoms with Crippen molar-refractivity contribution >= 4 is 29.1 Å². The summed E-state index contributed by atoms with van der Waals surface area (Å²) < 4.78 is 25.9. The maximum Gasteiger partial charge on any atom is 0.229 e. The quantitative estimate of drug-likeness (QED) is 0.586. The van der Waals surface area contributed by atoms with Gasteiger partial charge in [0.05, 0.1) is 41.6 Å². The van der Waals surface area contributed by atoms with Crippen molar-refractivity contribution in [2.45, 2.75) is 38.4 Å². The van der Waals surface area contributed by atoms with Crippen LogP contribution in [-0.2, 0) is 14.3 Å². The Balaban J connectivity index is 1.45. The van der Waals surface area contributed by atoms with Gasteiger partial charge >= 0.3 is 0 Å². The molecule has 2 atom stereocenters. The Kier molecular flexibility index (Phi) is 7.43. The van der Waals surface area contributed by atoms with Gasteiger partial charge in [-0.25, -0.2) is 14.4 Å². The summed E-state index contributed by atoms with van der Waals surface area (Å²) in [6, 6.07) is 4.52. The smallest absolute Gasteiger partial charge is 0.229 e. The number of piperidine rings is 1. The second-order valence-electron chi connectivity index (χ2n) is 8.99. The van der Waals surface area contributed by atoms with Crippen LogP contribution in [0.1, 0.15) is 26.7 Å². The lowest BCUT2D eigenvalue weighted by molar-refractivity contribution is -0.170. The minimum absolute atomic E-state index is 0.0877. The molecule has 2 aromatic heterocycles. The van der Waals surface area contributed by atoms with Crippen LogP contribution in [-0.4, -0.2) is 60.4 Å². The van der Waals surface area contributed by atoms with Gasteiger partial charge in [0.15, 0.2) is 11.6 Å². The zero-order chi connectivity index (χ0) is 23.4. The number of pyridine rings is 2. The summed E-state index contributed by atoms with van der Waals surface area (Å²) in [6.45, 7) is 6.73. The molecule has 1 amide bonds. The van der Waals surface area contributed by atoms with E-state index in [4.69, 9.17) is 21.1 Å². The third-order valence-corrected chi connectivity index (χ3v) is 6.02. The van der Waals surface area contributed by atoms with Gasteiger partial charge in [0.2, 0.25) is 5.91 Å². The number of halogens is 2. The minimum atomic E-state index is -0.487. The molecule has 2 aliphatic rings. The predicted molar refractivity (Wildman–Crippen MR) is 125 cm³/mol. The van der Waals surface area contributed by atoms with Crippen LogP contribution in [0, 0.1) is 11.7 Å². The maximum atomic E-state index is 14.4. The van der Waals surface area contributed by atoms with Crippen molar-refractivity contribution < 1.29 is 18.7 Å². The third kappa shape index (κ3) is 6.17. The summed E-state index contributed by atoms with van der Waals surface area (Å²) >= 11 is 6.36. The first kappa shape index (κ1) is 23.8. The van der Waals surface area contributed by atoms with Crippen LogP contribution in [0.5, 0.6) is 0 Å². The van der Waals surface area contributed by atoms with Crippen LogP contribution < -0.4 is 16.0 Å². The van der Waals surface area contributed by atoms with Gasteiger partial charge in [0.25, 0.3) is 0 Å². The number of rotatable bonds is 6. The zero-order valence-electron chi connectivity index (χ0n) is 18.8.